The van der Waals surface area contributed by atoms with E-state index in [1.807, 2.05) is 19.9 Å². The van der Waals surface area contributed by atoms with Gasteiger partial charge in [-0.25, -0.2) is 4.39 Å². The van der Waals surface area contributed by atoms with Gasteiger partial charge in [0.15, 0.2) is 0 Å². The van der Waals surface area contributed by atoms with Gasteiger partial charge >= 0.3 is 5.97 Å². The standard InChI is InChI=1S/C23H24FIO5/c1-13(2)19-12-20(25)23(30-3)22(14-4-6-15(24)7-5-14)18(19)9-8-16(26)10-17(27)11-21(28)29/h4-9,12-13,16,26H,10-11H2,1-3H3,(H,28,29). The van der Waals surface area contributed by atoms with Gasteiger partial charge in [0, 0.05) is 12.0 Å². The van der Waals surface area contributed by atoms with Crippen molar-refractivity contribution < 1.29 is 28.9 Å². The molecule has 0 fully saturated rings. The molecule has 7 heteroatoms. The highest BCUT2D eigenvalue weighted by molar-refractivity contribution is 14.1. The molecule has 0 bridgehead atoms. The lowest BCUT2D eigenvalue weighted by atomic mass is 9.88. The zero-order valence-electron chi connectivity index (χ0n) is 17.0. The first-order valence-corrected chi connectivity index (χ1v) is 10.5. The molecule has 5 nitrogen and oxygen atoms in total. The Labute approximate surface area is 188 Å². The summed E-state index contributed by atoms with van der Waals surface area (Å²) in [5, 5.41) is 18.9. The molecule has 1 atom stereocenters. The van der Waals surface area contributed by atoms with Crippen LogP contribution in [-0.2, 0) is 9.59 Å². The normalized spacial score (nSPS) is 12.4. The van der Waals surface area contributed by atoms with Crippen molar-refractivity contribution >= 4 is 40.4 Å². The minimum absolute atomic E-state index is 0.147. The van der Waals surface area contributed by atoms with E-state index >= 15 is 0 Å². The van der Waals surface area contributed by atoms with Crippen LogP contribution in [0.3, 0.4) is 0 Å². The molecule has 0 aliphatic carbocycles. The number of ether oxygens (including phenoxy) is 1. The number of benzene rings is 2. The van der Waals surface area contributed by atoms with Crippen LogP contribution in [0.5, 0.6) is 5.75 Å². The molecule has 0 saturated heterocycles. The fraction of sp³-hybridized carbons (Fsp3) is 0.304. The van der Waals surface area contributed by atoms with E-state index in [9.17, 15) is 19.1 Å². The van der Waals surface area contributed by atoms with Gasteiger partial charge in [-0.1, -0.05) is 38.1 Å². The van der Waals surface area contributed by atoms with Crippen molar-refractivity contribution in [3.63, 3.8) is 0 Å². The molecule has 2 aromatic carbocycles. The summed E-state index contributed by atoms with van der Waals surface area (Å²) in [5.41, 5.74) is 3.30. The molecule has 0 aliphatic heterocycles. The Bertz CT molecular complexity index is 951. The molecule has 0 aromatic heterocycles. The van der Waals surface area contributed by atoms with E-state index in [-0.39, 0.29) is 18.2 Å². The van der Waals surface area contributed by atoms with Crippen molar-refractivity contribution in [1.82, 2.24) is 0 Å². The number of carboxylic acid groups (broad SMARTS) is 1. The number of carboxylic acids is 1. The van der Waals surface area contributed by atoms with E-state index in [0.717, 1.165) is 25.8 Å². The summed E-state index contributed by atoms with van der Waals surface area (Å²) in [4.78, 5) is 22.3. The predicted octanol–water partition coefficient (Wildman–Crippen LogP) is 5.04. The maximum absolute atomic E-state index is 13.5. The Morgan fingerprint density at radius 3 is 2.40 bits per heavy atom. The molecule has 160 valence electrons. The van der Waals surface area contributed by atoms with Crippen molar-refractivity contribution in [2.24, 2.45) is 0 Å². The zero-order valence-corrected chi connectivity index (χ0v) is 19.1. The summed E-state index contributed by atoms with van der Waals surface area (Å²) in [5.74, 6) is -1.35. The number of aliphatic hydroxyl groups is 1. The molecule has 0 radical (unpaired) electrons. The third-order valence-corrected chi connectivity index (χ3v) is 5.34. The van der Waals surface area contributed by atoms with E-state index in [1.165, 1.54) is 18.2 Å². The van der Waals surface area contributed by atoms with E-state index in [4.69, 9.17) is 9.84 Å². The lowest BCUT2D eigenvalue weighted by Gasteiger charge is -2.20. The van der Waals surface area contributed by atoms with Crippen LogP contribution in [0.25, 0.3) is 17.2 Å². The monoisotopic (exact) mass is 526 g/mol. The van der Waals surface area contributed by atoms with E-state index in [1.54, 1.807) is 25.3 Å². The van der Waals surface area contributed by atoms with Gasteiger partial charge in [-0.3, -0.25) is 9.59 Å². The minimum Gasteiger partial charge on any atom is -0.495 e. The van der Waals surface area contributed by atoms with Gasteiger partial charge in [-0.05, 0) is 63.4 Å². The molecule has 1 unspecified atom stereocenters. The second kappa shape index (κ2) is 10.7. The first-order chi connectivity index (χ1) is 14.1. The summed E-state index contributed by atoms with van der Waals surface area (Å²) in [7, 11) is 1.56. The Kier molecular flexibility index (Phi) is 8.54. The molecule has 2 N–H and O–H groups in total. The predicted molar refractivity (Wildman–Crippen MR) is 122 cm³/mol. The van der Waals surface area contributed by atoms with Gasteiger partial charge in [0.1, 0.15) is 23.8 Å². The van der Waals surface area contributed by atoms with Crippen molar-refractivity contribution in [3.8, 4) is 16.9 Å². The van der Waals surface area contributed by atoms with Crippen molar-refractivity contribution in [2.75, 3.05) is 7.11 Å². The average Bonchev–Trinajstić information content (AvgIpc) is 2.66. The first-order valence-electron chi connectivity index (χ1n) is 9.40. The lowest BCUT2D eigenvalue weighted by molar-refractivity contribution is -0.140. The Balaban J connectivity index is 2.56. The maximum Gasteiger partial charge on any atom is 0.310 e. The second-order valence-electron chi connectivity index (χ2n) is 7.17. The lowest BCUT2D eigenvalue weighted by Crippen LogP contribution is -2.14. The highest BCUT2D eigenvalue weighted by Gasteiger charge is 2.20. The molecule has 0 spiro atoms. The third kappa shape index (κ3) is 6.12. The molecule has 0 saturated carbocycles. The summed E-state index contributed by atoms with van der Waals surface area (Å²) in [6.45, 7) is 4.08. The van der Waals surface area contributed by atoms with Gasteiger partial charge in [0.05, 0.1) is 16.8 Å². The van der Waals surface area contributed by atoms with Crippen LogP contribution in [0.4, 0.5) is 4.39 Å². The summed E-state index contributed by atoms with van der Waals surface area (Å²) in [6.07, 6.45) is 1.15. The van der Waals surface area contributed by atoms with Gasteiger partial charge in [0.25, 0.3) is 0 Å². The molecular weight excluding hydrogens is 502 g/mol. The molecule has 2 rings (SSSR count). The van der Waals surface area contributed by atoms with Crippen molar-refractivity contribution in [3.05, 3.63) is 56.9 Å². The molecule has 2 aromatic rings. The molecular formula is C23H24FIO5. The van der Waals surface area contributed by atoms with Gasteiger partial charge in [0.2, 0.25) is 0 Å². The number of halogens is 2. The number of methoxy groups -OCH3 is 1. The number of Topliss-reactive ketones (excluding diaryl/α,β-unsaturated/α-hetero) is 1. The minimum atomic E-state index is -1.22. The Morgan fingerprint density at radius 2 is 1.87 bits per heavy atom. The van der Waals surface area contributed by atoms with Gasteiger partial charge in [-0.2, -0.15) is 0 Å². The second-order valence-corrected chi connectivity index (χ2v) is 8.33. The van der Waals surface area contributed by atoms with Crippen LogP contribution in [0.1, 0.15) is 43.7 Å². The molecule has 0 heterocycles. The number of hydrogen-bond donors (Lipinski definition) is 2. The summed E-state index contributed by atoms with van der Waals surface area (Å²) in [6, 6.07) is 8.07. The number of rotatable bonds is 9. The number of ketones is 1. The SMILES string of the molecule is COc1c(I)cc(C(C)C)c(C=CC(O)CC(=O)CC(=O)O)c1-c1ccc(F)cc1. The highest BCUT2D eigenvalue weighted by atomic mass is 127. The van der Waals surface area contributed by atoms with Crippen molar-refractivity contribution in [2.45, 2.75) is 38.7 Å². The Morgan fingerprint density at radius 1 is 1.23 bits per heavy atom. The third-order valence-electron chi connectivity index (χ3n) is 4.54. The molecule has 30 heavy (non-hydrogen) atoms. The number of carbonyl (C=O) groups is 2. The van der Waals surface area contributed by atoms with Crippen LogP contribution >= 0.6 is 22.6 Å². The van der Waals surface area contributed by atoms with Crippen LogP contribution in [0.15, 0.2) is 36.4 Å². The van der Waals surface area contributed by atoms with E-state index < -0.39 is 24.3 Å². The van der Waals surface area contributed by atoms with E-state index in [0.29, 0.717) is 5.75 Å². The van der Waals surface area contributed by atoms with Crippen molar-refractivity contribution in [1.29, 1.82) is 0 Å². The van der Waals surface area contributed by atoms with Crippen LogP contribution in [0, 0.1) is 9.39 Å². The zero-order chi connectivity index (χ0) is 22.4. The number of carbonyl (C=O) groups excluding carboxylic acids is 1. The number of aliphatic hydroxyl groups excluding tert-OH is 1. The topological polar surface area (TPSA) is 83.8 Å². The average molecular weight is 526 g/mol. The van der Waals surface area contributed by atoms with Crippen LogP contribution < -0.4 is 4.74 Å². The Hall–Kier alpha value is -2.26. The maximum atomic E-state index is 13.5. The summed E-state index contributed by atoms with van der Waals surface area (Å²) < 4.78 is 20.0. The summed E-state index contributed by atoms with van der Waals surface area (Å²) >= 11 is 2.19. The number of hydrogen-bond acceptors (Lipinski definition) is 4. The largest absolute Gasteiger partial charge is 0.495 e. The van der Waals surface area contributed by atoms with E-state index in [2.05, 4.69) is 22.6 Å². The number of aliphatic carboxylic acids is 1. The fourth-order valence-corrected chi connectivity index (χ4v) is 4.00. The van der Waals surface area contributed by atoms with Crippen LogP contribution in [-0.4, -0.2) is 35.2 Å². The van der Waals surface area contributed by atoms with Gasteiger partial charge in [-0.15, -0.1) is 0 Å². The molecule has 0 aliphatic rings. The highest BCUT2D eigenvalue weighted by Crippen LogP contribution is 2.42. The van der Waals surface area contributed by atoms with Gasteiger partial charge < -0.3 is 14.9 Å². The fourth-order valence-electron chi connectivity index (χ4n) is 3.18. The quantitative estimate of drug-likeness (QED) is 0.354. The smallest absolute Gasteiger partial charge is 0.310 e. The van der Waals surface area contributed by atoms with Crippen LogP contribution in [0.2, 0.25) is 0 Å². The molecule has 0 amide bonds. The first kappa shape index (κ1) is 24.0.